The van der Waals surface area contributed by atoms with Crippen LogP contribution in [0, 0.1) is 0 Å². The highest BCUT2D eigenvalue weighted by Gasteiger charge is 2.09. The highest BCUT2D eigenvalue weighted by Crippen LogP contribution is 2.28. The largest absolute Gasteiger partial charge is 0.484 e. The lowest BCUT2D eigenvalue weighted by Gasteiger charge is -2.12. The minimum Gasteiger partial charge on any atom is -0.484 e. The third-order valence-electron chi connectivity index (χ3n) is 3.52. The highest BCUT2D eigenvalue weighted by molar-refractivity contribution is 9.11. The summed E-state index contributed by atoms with van der Waals surface area (Å²) in [7, 11) is 0. The van der Waals surface area contributed by atoms with Crippen molar-refractivity contribution in [3.63, 3.8) is 0 Å². The lowest BCUT2D eigenvalue weighted by Crippen LogP contribution is -2.50. The van der Waals surface area contributed by atoms with Gasteiger partial charge in [-0.3, -0.25) is 25.8 Å². The van der Waals surface area contributed by atoms with Gasteiger partial charge in [-0.2, -0.15) is 0 Å². The maximum atomic E-state index is 11.9. The first-order valence-electron chi connectivity index (χ1n) is 8.55. The summed E-state index contributed by atoms with van der Waals surface area (Å²) >= 11 is 11.6. The van der Waals surface area contributed by atoms with Gasteiger partial charge in [-0.1, -0.05) is 35.0 Å². The molecule has 0 fully saturated rings. The number of hydrazine groups is 1. The molecule has 0 aliphatic heterocycles. The summed E-state index contributed by atoms with van der Waals surface area (Å²) in [4.78, 5) is 23.7. The Bertz CT molecular complexity index is 878. The van der Waals surface area contributed by atoms with Crippen molar-refractivity contribution in [3.8, 4) is 11.5 Å². The second-order valence-electron chi connectivity index (χ2n) is 5.70. The topological polar surface area (TPSA) is 88.7 Å². The molecule has 0 atom stereocenters. The smallest absolute Gasteiger partial charge is 0.276 e. The Labute approximate surface area is 190 Å². The zero-order chi connectivity index (χ0) is 21.2. The monoisotopic (exact) mass is 543 g/mol. The van der Waals surface area contributed by atoms with Gasteiger partial charge in [0.05, 0.1) is 4.47 Å². The van der Waals surface area contributed by atoms with Crippen LogP contribution in [-0.2, 0) is 16.0 Å². The number of thiocarbonyl (C=S) groups is 1. The van der Waals surface area contributed by atoms with Crippen LogP contribution in [0.3, 0.4) is 0 Å². The number of halogens is 2. The maximum Gasteiger partial charge on any atom is 0.276 e. The highest BCUT2D eigenvalue weighted by atomic mass is 79.9. The maximum absolute atomic E-state index is 11.9. The van der Waals surface area contributed by atoms with Gasteiger partial charge in [0.2, 0.25) is 0 Å². The van der Waals surface area contributed by atoms with E-state index in [4.69, 9.17) is 21.7 Å². The molecule has 0 heterocycles. The van der Waals surface area contributed by atoms with Crippen LogP contribution in [0.4, 0.5) is 0 Å². The van der Waals surface area contributed by atoms with E-state index in [0.717, 1.165) is 10.9 Å². The summed E-state index contributed by atoms with van der Waals surface area (Å²) in [5.41, 5.74) is 5.96. The van der Waals surface area contributed by atoms with Crippen LogP contribution in [-0.4, -0.2) is 30.1 Å². The second-order valence-corrected chi connectivity index (χ2v) is 7.88. The molecule has 2 rings (SSSR count). The molecule has 0 aliphatic carbocycles. The van der Waals surface area contributed by atoms with Crippen molar-refractivity contribution in [1.29, 1.82) is 0 Å². The Morgan fingerprint density at radius 1 is 0.966 bits per heavy atom. The molecule has 154 valence electrons. The SMILES string of the molecule is CCc1ccc(OCC(=O)NNC(=S)NC(=O)COc2ccc(Br)cc2Br)cc1. The van der Waals surface area contributed by atoms with E-state index in [1.807, 2.05) is 12.1 Å². The van der Waals surface area contributed by atoms with E-state index < -0.39 is 11.8 Å². The molecule has 2 aromatic carbocycles. The molecule has 0 unspecified atom stereocenters. The molecule has 0 aliphatic rings. The number of carbonyl (C=O) groups is 2. The molecule has 3 N–H and O–H groups in total. The number of hydrogen-bond acceptors (Lipinski definition) is 5. The normalized spacial score (nSPS) is 10.0. The third-order valence-corrected chi connectivity index (χ3v) is 4.84. The fourth-order valence-electron chi connectivity index (χ4n) is 2.06. The molecule has 7 nitrogen and oxygen atoms in total. The van der Waals surface area contributed by atoms with E-state index in [0.29, 0.717) is 16.0 Å². The molecule has 2 aromatic rings. The Morgan fingerprint density at radius 3 is 2.31 bits per heavy atom. The summed E-state index contributed by atoms with van der Waals surface area (Å²) in [6, 6.07) is 12.8. The molecule has 0 saturated carbocycles. The summed E-state index contributed by atoms with van der Waals surface area (Å²) < 4.78 is 12.4. The van der Waals surface area contributed by atoms with Crippen molar-refractivity contribution < 1.29 is 19.1 Å². The van der Waals surface area contributed by atoms with Crippen molar-refractivity contribution >= 4 is 61.0 Å². The average Bonchev–Trinajstić information content (AvgIpc) is 2.70. The number of aryl methyl sites for hydroxylation is 1. The predicted octanol–water partition coefficient (Wildman–Crippen LogP) is 3.25. The van der Waals surface area contributed by atoms with Crippen LogP contribution in [0.15, 0.2) is 51.4 Å². The minimum absolute atomic E-state index is 0.0610. The fraction of sp³-hybridized carbons (Fsp3) is 0.211. The van der Waals surface area contributed by atoms with Crippen LogP contribution in [0.2, 0.25) is 0 Å². The Hall–Kier alpha value is -2.17. The van der Waals surface area contributed by atoms with Gasteiger partial charge >= 0.3 is 0 Å². The van der Waals surface area contributed by atoms with Gasteiger partial charge in [0, 0.05) is 4.47 Å². The molecular weight excluding hydrogens is 526 g/mol. The van der Waals surface area contributed by atoms with Gasteiger partial charge in [-0.25, -0.2) is 0 Å². The summed E-state index contributed by atoms with van der Waals surface area (Å²) in [6.45, 7) is 1.62. The standard InChI is InChI=1S/C19H19Br2N3O4S/c1-2-12-3-6-14(7-4-12)27-11-18(26)23-24-19(29)22-17(25)10-28-16-8-5-13(20)9-15(16)21/h3-9H,2,10-11H2,1H3,(H,23,26)(H2,22,24,25,29). The first kappa shape index (κ1) is 23.1. The molecule has 0 radical (unpaired) electrons. The molecule has 10 heteroatoms. The predicted molar refractivity (Wildman–Crippen MR) is 121 cm³/mol. The molecule has 2 amide bonds. The lowest BCUT2D eigenvalue weighted by atomic mass is 10.2. The molecule has 0 aromatic heterocycles. The third kappa shape index (κ3) is 8.38. The van der Waals surface area contributed by atoms with E-state index in [1.54, 1.807) is 30.3 Å². The number of hydrogen-bond donors (Lipinski definition) is 3. The van der Waals surface area contributed by atoms with Crippen molar-refractivity contribution in [2.45, 2.75) is 13.3 Å². The molecular formula is C19H19Br2N3O4S. The van der Waals surface area contributed by atoms with Gasteiger partial charge in [0.1, 0.15) is 11.5 Å². The van der Waals surface area contributed by atoms with E-state index in [2.05, 4.69) is 55.0 Å². The van der Waals surface area contributed by atoms with E-state index in [1.165, 1.54) is 5.56 Å². The summed E-state index contributed by atoms with van der Waals surface area (Å²) in [5, 5.41) is 2.34. The van der Waals surface area contributed by atoms with Gasteiger partial charge in [0.25, 0.3) is 11.8 Å². The average molecular weight is 545 g/mol. The first-order valence-corrected chi connectivity index (χ1v) is 10.5. The summed E-state index contributed by atoms with van der Waals surface area (Å²) in [5.74, 6) is 0.180. The fourth-order valence-corrected chi connectivity index (χ4v) is 3.39. The second kappa shape index (κ2) is 11.7. The Morgan fingerprint density at radius 2 is 1.66 bits per heavy atom. The number of benzene rings is 2. The molecule has 0 bridgehead atoms. The van der Waals surface area contributed by atoms with Gasteiger partial charge < -0.3 is 9.47 Å². The quantitative estimate of drug-likeness (QED) is 0.366. The number of rotatable bonds is 7. The van der Waals surface area contributed by atoms with E-state index in [-0.39, 0.29) is 18.3 Å². The van der Waals surface area contributed by atoms with Crippen molar-refractivity contribution in [3.05, 3.63) is 57.0 Å². The van der Waals surface area contributed by atoms with Crippen LogP contribution >= 0.6 is 44.1 Å². The molecule has 0 saturated heterocycles. The zero-order valence-corrected chi connectivity index (χ0v) is 19.4. The van der Waals surface area contributed by atoms with E-state index >= 15 is 0 Å². The number of nitrogens with one attached hydrogen (secondary N) is 3. The Kier molecular flexibility index (Phi) is 9.36. The van der Waals surface area contributed by atoms with Gasteiger partial charge in [-0.15, -0.1) is 0 Å². The van der Waals surface area contributed by atoms with Gasteiger partial charge in [0.15, 0.2) is 18.3 Å². The van der Waals surface area contributed by atoms with Gasteiger partial charge in [-0.05, 0) is 70.5 Å². The van der Waals surface area contributed by atoms with Crippen LogP contribution < -0.4 is 25.6 Å². The number of amides is 2. The zero-order valence-electron chi connectivity index (χ0n) is 15.5. The lowest BCUT2D eigenvalue weighted by molar-refractivity contribution is -0.124. The summed E-state index contributed by atoms with van der Waals surface area (Å²) in [6.07, 6.45) is 0.930. The van der Waals surface area contributed by atoms with Crippen LogP contribution in [0.5, 0.6) is 11.5 Å². The van der Waals surface area contributed by atoms with Crippen molar-refractivity contribution in [2.75, 3.05) is 13.2 Å². The van der Waals surface area contributed by atoms with Crippen molar-refractivity contribution in [2.24, 2.45) is 0 Å². The number of carbonyl (C=O) groups excluding carboxylic acids is 2. The minimum atomic E-state index is -0.473. The van der Waals surface area contributed by atoms with Crippen LogP contribution in [0.25, 0.3) is 0 Å². The van der Waals surface area contributed by atoms with E-state index in [9.17, 15) is 9.59 Å². The molecule has 0 spiro atoms. The number of ether oxygens (including phenoxy) is 2. The van der Waals surface area contributed by atoms with Crippen molar-refractivity contribution in [1.82, 2.24) is 16.2 Å². The Balaban J connectivity index is 1.66. The van der Waals surface area contributed by atoms with Crippen LogP contribution in [0.1, 0.15) is 12.5 Å². The molecule has 29 heavy (non-hydrogen) atoms. The first-order chi connectivity index (χ1) is 13.9.